The number of imide groups is 1. The number of halogens is 1. The Morgan fingerprint density at radius 3 is 2.33 bits per heavy atom. The molecule has 0 spiro atoms. The number of hydrogen-bond acceptors (Lipinski definition) is 8. The average molecular weight is 562 g/mol. The quantitative estimate of drug-likeness (QED) is 0.153. The van der Waals surface area contributed by atoms with E-state index < -0.39 is 37.2 Å². The highest BCUT2D eigenvalue weighted by Gasteiger charge is 2.22. The number of nitrogens with zero attached hydrogens (tertiary/aromatic N) is 3. The van der Waals surface area contributed by atoms with E-state index in [0.29, 0.717) is 23.7 Å². The van der Waals surface area contributed by atoms with Gasteiger partial charge < -0.3 is 30.7 Å². The Morgan fingerprint density at radius 2 is 1.67 bits per heavy atom. The standard InChI is InChI=1S/C25H28ClN5O8/c1-39-16-4-6-19-18(12-16)23(17-5-3-15(26)11-20(17)29-19)28-8-2-7-27-21(32)13-30(14-22(33)34)9-10-31(24(35)36)25(37)38/h3-6,11-12H,2,7-10,13-14H2,1H3,(H,27,32)(H,28,29)(H,33,34)(H,35,36)(H,37,38). The van der Waals surface area contributed by atoms with E-state index in [1.54, 1.807) is 19.2 Å². The summed E-state index contributed by atoms with van der Waals surface area (Å²) in [7, 11) is 1.58. The number of pyridine rings is 1. The molecule has 39 heavy (non-hydrogen) atoms. The summed E-state index contributed by atoms with van der Waals surface area (Å²) in [5.74, 6) is -1.04. The van der Waals surface area contributed by atoms with Crippen LogP contribution in [0, 0.1) is 0 Å². The second kappa shape index (κ2) is 13.4. The molecule has 0 fully saturated rings. The maximum Gasteiger partial charge on any atom is 0.416 e. The molecule has 0 saturated heterocycles. The molecule has 0 radical (unpaired) electrons. The van der Waals surface area contributed by atoms with Gasteiger partial charge in [0.15, 0.2) is 0 Å². The van der Waals surface area contributed by atoms with Crippen molar-refractivity contribution in [2.75, 3.05) is 51.7 Å². The monoisotopic (exact) mass is 561 g/mol. The summed E-state index contributed by atoms with van der Waals surface area (Å²) in [6, 6.07) is 11.0. The molecule has 1 aromatic heterocycles. The molecule has 1 heterocycles. The van der Waals surface area contributed by atoms with Gasteiger partial charge in [-0.25, -0.2) is 19.5 Å². The predicted molar refractivity (Wildman–Crippen MR) is 144 cm³/mol. The number of anilines is 1. The minimum absolute atomic E-state index is 0.120. The molecule has 0 aliphatic rings. The fourth-order valence-electron chi connectivity index (χ4n) is 3.92. The number of fused-ring (bicyclic) bond motifs is 2. The molecule has 208 valence electrons. The van der Waals surface area contributed by atoms with Crippen LogP contribution in [-0.4, -0.2) is 101 Å². The number of ether oxygens (including phenoxy) is 1. The molecule has 3 aromatic rings. The Labute approximate surface area is 227 Å². The van der Waals surface area contributed by atoms with Gasteiger partial charge in [0.1, 0.15) is 5.75 Å². The number of carboxylic acid groups (broad SMARTS) is 3. The van der Waals surface area contributed by atoms with Crippen LogP contribution in [0.3, 0.4) is 0 Å². The smallest absolute Gasteiger partial charge is 0.416 e. The molecule has 14 heteroatoms. The van der Waals surface area contributed by atoms with Crippen molar-refractivity contribution in [3.63, 3.8) is 0 Å². The Balaban J connectivity index is 1.59. The van der Waals surface area contributed by atoms with Crippen molar-refractivity contribution in [2.24, 2.45) is 0 Å². The van der Waals surface area contributed by atoms with Crippen LogP contribution in [0.4, 0.5) is 15.3 Å². The first-order chi connectivity index (χ1) is 18.6. The van der Waals surface area contributed by atoms with Crippen LogP contribution in [0.2, 0.25) is 5.02 Å². The van der Waals surface area contributed by atoms with Crippen molar-refractivity contribution in [1.82, 2.24) is 20.1 Å². The molecule has 0 unspecified atom stereocenters. The topological polar surface area (TPSA) is 182 Å². The van der Waals surface area contributed by atoms with E-state index in [4.69, 9.17) is 31.7 Å². The van der Waals surface area contributed by atoms with Crippen LogP contribution >= 0.6 is 11.6 Å². The third kappa shape index (κ3) is 8.06. The molecule has 0 atom stereocenters. The number of aliphatic carboxylic acids is 1. The summed E-state index contributed by atoms with van der Waals surface area (Å²) in [6.07, 6.45) is -2.85. The third-order valence-corrected chi connectivity index (χ3v) is 5.98. The van der Waals surface area contributed by atoms with Crippen LogP contribution in [0.1, 0.15) is 6.42 Å². The van der Waals surface area contributed by atoms with Gasteiger partial charge in [-0.3, -0.25) is 14.5 Å². The normalized spacial score (nSPS) is 10.9. The van der Waals surface area contributed by atoms with E-state index in [-0.39, 0.29) is 24.5 Å². The maximum absolute atomic E-state index is 12.4. The number of aromatic nitrogens is 1. The molecule has 0 aliphatic heterocycles. The van der Waals surface area contributed by atoms with E-state index >= 15 is 0 Å². The summed E-state index contributed by atoms with van der Waals surface area (Å²) in [5, 5.41) is 35.3. The highest BCUT2D eigenvalue weighted by molar-refractivity contribution is 6.31. The molecular weight excluding hydrogens is 534 g/mol. The van der Waals surface area contributed by atoms with Gasteiger partial charge in [-0.1, -0.05) is 11.6 Å². The third-order valence-electron chi connectivity index (χ3n) is 5.75. The van der Waals surface area contributed by atoms with Crippen LogP contribution in [0.5, 0.6) is 5.75 Å². The fraction of sp³-hybridized carbons (Fsp3) is 0.320. The molecule has 0 aliphatic carbocycles. The van der Waals surface area contributed by atoms with Crippen LogP contribution in [0.25, 0.3) is 21.8 Å². The minimum atomic E-state index is -1.69. The first-order valence-corrected chi connectivity index (χ1v) is 12.2. The van der Waals surface area contributed by atoms with Crippen molar-refractivity contribution >= 4 is 63.2 Å². The van der Waals surface area contributed by atoms with Gasteiger partial charge in [-0.05, 0) is 42.8 Å². The lowest BCUT2D eigenvalue weighted by atomic mass is 10.1. The molecule has 13 nitrogen and oxygen atoms in total. The average Bonchev–Trinajstić information content (AvgIpc) is 2.86. The summed E-state index contributed by atoms with van der Waals surface area (Å²) in [6.45, 7) is -0.891. The Hall–Kier alpha value is -4.36. The lowest BCUT2D eigenvalue weighted by molar-refractivity contribution is -0.138. The highest BCUT2D eigenvalue weighted by atomic mass is 35.5. The fourth-order valence-corrected chi connectivity index (χ4v) is 4.09. The van der Waals surface area contributed by atoms with Gasteiger partial charge in [0.05, 0.1) is 36.9 Å². The van der Waals surface area contributed by atoms with Crippen LogP contribution < -0.4 is 15.4 Å². The van der Waals surface area contributed by atoms with Gasteiger partial charge in [-0.2, -0.15) is 0 Å². The Bertz CT molecular complexity index is 1370. The largest absolute Gasteiger partial charge is 0.497 e. The van der Waals surface area contributed by atoms with Crippen molar-refractivity contribution in [3.05, 3.63) is 41.4 Å². The number of carbonyl (C=O) groups is 4. The number of methoxy groups -OCH3 is 1. The SMILES string of the molecule is COc1ccc2nc3cc(Cl)ccc3c(NCCCNC(=O)CN(CCN(C(=O)O)C(=O)O)CC(=O)O)c2c1. The van der Waals surface area contributed by atoms with E-state index in [2.05, 4.69) is 15.6 Å². The van der Waals surface area contributed by atoms with E-state index in [1.807, 2.05) is 24.3 Å². The Kier molecular flexibility index (Phi) is 10.1. The van der Waals surface area contributed by atoms with E-state index in [1.165, 1.54) is 0 Å². The number of benzene rings is 2. The summed E-state index contributed by atoms with van der Waals surface area (Å²) in [5.41, 5.74) is 2.31. The molecule has 0 saturated carbocycles. The van der Waals surface area contributed by atoms with Crippen LogP contribution in [-0.2, 0) is 9.59 Å². The lowest BCUT2D eigenvalue weighted by Gasteiger charge is -2.22. The number of carbonyl (C=O) groups excluding carboxylic acids is 1. The van der Waals surface area contributed by atoms with Crippen LogP contribution in [0.15, 0.2) is 36.4 Å². The first-order valence-electron chi connectivity index (χ1n) is 11.8. The number of amides is 3. The Morgan fingerprint density at radius 1 is 0.923 bits per heavy atom. The maximum atomic E-state index is 12.4. The number of nitrogens with one attached hydrogen (secondary N) is 2. The predicted octanol–water partition coefficient (Wildman–Crippen LogP) is 3.01. The summed E-state index contributed by atoms with van der Waals surface area (Å²) >= 11 is 6.16. The highest BCUT2D eigenvalue weighted by Crippen LogP contribution is 2.34. The van der Waals surface area contributed by atoms with Crippen molar-refractivity contribution in [1.29, 1.82) is 0 Å². The van der Waals surface area contributed by atoms with Crippen molar-refractivity contribution in [2.45, 2.75) is 6.42 Å². The molecular formula is C25H28ClN5O8. The van der Waals surface area contributed by atoms with E-state index in [0.717, 1.165) is 32.4 Å². The number of rotatable bonds is 13. The van der Waals surface area contributed by atoms with Gasteiger partial charge in [-0.15, -0.1) is 0 Å². The van der Waals surface area contributed by atoms with Gasteiger partial charge in [0, 0.05) is 42.0 Å². The molecule has 5 N–H and O–H groups in total. The molecule has 3 amide bonds. The molecule has 0 bridgehead atoms. The second-order valence-electron chi connectivity index (χ2n) is 8.48. The zero-order valence-electron chi connectivity index (χ0n) is 21.0. The second-order valence-corrected chi connectivity index (χ2v) is 8.92. The molecule has 2 aromatic carbocycles. The summed E-state index contributed by atoms with van der Waals surface area (Å²) in [4.78, 5) is 51.5. The summed E-state index contributed by atoms with van der Waals surface area (Å²) < 4.78 is 5.36. The van der Waals surface area contributed by atoms with E-state index in [9.17, 15) is 19.2 Å². The van der Waals surface area contributed by atoms with Crippen molar-refractivity contribution < 1.29 is 39.2 Å². The number of hydrogen-bond donors (Lipinski definition) is 5. The number of carboxylic acids is 1. The van der Waals surface area contributed by atoms with Crippen molar-refractivity contribution in [3.8, 4) is 5.75 Å². The zero-order valence-corrected chi connectivity index (χ0v) is 21.8. The van der Waals surface area contributed by atoms with Gasteiger partial charge >= 0.3 is 18.2 Å². The van der Waals surface area contributed by atoms with Gasteiger partial charge in [0.25, 0.3) is 0 Å². The first kappa shape index (κ1) is 29.2. The van der Waals surface area contributed by atoms with Gasteiger partial charge in [0.2, 0.25) is 5.91 Å². The minimum Gasteiger partial charge on any atom is -0.497 e. The lowest BCUT2D eigenvalue weighted by Crippen LogP contribution is -2.45. The molecule has 3 rings (SSSR count). The zero-order chi connectivity index (χ0) is 28.5.